The second-order valence-electron chi connectivity index (χ2n) is 8.81. The average Bonchev–Trinajstić information content (AvgIpc) is 2.76. The summed E-state index contributed by atoms with van der Waals surface area (Å²) in [5.74, 6) is -3.60. The van der Waals surface area contributed by atoms with E-state index in [2.05, 4.69) is 0 Å². The van der Waals surface area contributed by atoms with E-state index in [1.807, 2.05) is 13.8 Å². The van der Waals surface area contributed by atoms with E-state index < -0.39 is 57.2 Å². The molecular weight excluding hydrogens is 404 g/mol. The van der Waals surface area contributed by atoms with Crippen LogP contribution in [0.5, 0.6) is 0 Å². The highest BCUT2D eigenvalue weighted by molar-refractivity contribution is 5.03. The molecule has 172 valence electrons. The van der Waals surface area contributed by atoms with Crippen molar-refractivity contribution in [3.63, 3.8) is 0 Å². The molecule has 2 unspecified atom stereocenters. The summed E-state index contributed by atoms with van der Waals surface area (Å²) in [7, 11) is 0. The molecule has 0 radical (unpaired) electrons. The molecule has 2 saturated heterocycles. The highest BCUT2D eigenvalue weighted by Gasteiger charge is 2.70. The standard InChI is InChI=1S/C18H30N2O10/c1-3-15(7-21)9-27-17(28-10-15)5-14(20(25)26)18(6-13(17)19(23)24)29-11-16(4-2,8-22)12-30-18/h13-14,21-22H,3-12H2,1-2H3. The number of aliphatic hydroxyl groups is 2. The first-order valence-electron chi connectivity index (χ1n) is 10.2. The Labute approximate surface area is 173 Å². The number of hydrogen-bond donors (Lipinski definition) is 2. The third kappa shape index (κ3) is 3.69. The molecule has 1 aliphatic carbocycles. The van der Waals surface area contributed by atoms with Crippen molar-refractivity contribution in [1.29, 1.82) is 0 Å². The van der Waals surface area contributed by atoms with Crippen molar-refractivity contribution >= 4 is 0 Å². The maximum atomic E-state index is 11.9. The zero-order chi connectivity index (χ0) is 22.2. The van der Waals surface area contributed by atoms with E-state index >= 15 is 0 Å². The molecule has 3 aliphatic rings. The zero-order valence-electron chi connectivity index (χ0n) is 17.3. The van der Waals surface area contributed by atoms with Gasteiger partial charge in [0.2, 0.25) is 11.6 Å². The Kier molecular flexibility index (Phi) is 6.38. The molecule has 0 bridgehead atoms. The van der Waals surface area contributed by atoms with Crippen molar-refractivity contribution in [2.24, 2.45) is 10.8 Å². The maximum Gasteiger partial charge on any atom is 0.271 e. The molecule has 0 aromatic carbocycles. The van der Waals surface area contributed by atoms with Gasteiger partial charge in [-0.05, 0) is 12.8 Å². The zero-order valence-corrected chi connectivity index (χ0v) is 17.3. The van der Waals surface area contributed by atoms with Gasteiger partial charge in [0, 0.05) is 20.7 Å². The lowest BCUT2D eigenvalue weighted by Gasteiger charge is -2.53. The first-order chi connectivity index (χ1) is 14.1. The summed E-state index contributed by atoms with van der Waals surface area (Å²) < 4.78 is 23.2. The van der Waals surface area contributed by atoms with Crippen LogP contribution in [0.25, 0.3) is 0 Å². The Hall–Kier alpha value is -1.44. The van der Waals surface area contributed by atoms with Crippen molar-refractivity contribution in [3.8, 4) is 0 Å². The smallest absolute Gasteiger partial charge is 0.271 e. The third-order valence-corrected chi connectivity index (χ3v) is 7.14. The van der Waals surface area contributed by atoms with E-state index in [0.29, 0.717) is 12.8 Å². The van der Waals surface area contributed by atoms with Gasteiger partial charge in [-0.1, -0.05) is 13.8 Å². The Morgan fingerprint density at radius 3 is 1.27 bits per heavy atom. The third-order valence-electron chi connectivity index (χ3n) is 7.14. The summed E-state index contributed by atoms with van der Waals surface area (Å²) in [4.78, 5) is 22.7. The number of nitrogens with zero attached hydrogens (tertiary/aromatic N) is 2. The van der Waals surface area contributed by atoms with E-state index in [-0.39, 0.29) is 39.6 Å². The minimum absolute atomic E-state index is 0.00700. The Bertz CT molecular complexity index is 587. The van der Waals surface area contributed by atoms with Gasteiger partial charge in [-0.2, -0.15) is 0 Å². The number of hydrogen-bond acceptors (Lipinski definition) is 10. The van der Waals surface area contributed by atoms with Gasteiger partial charge >= 0.3 is 0 Å². The van der Waals surface area contributed by atoms with Crippen LogP contribution in [0.2, 0.25) is 0 Å². The lowest BCUT2D eigenvalue weighted by atomic mass is 9.77. The number of rotatable bonds is 6. The fourth-order valence-electron chi connectivity index (χ4n) is 4.29. The SMILES string of the molecule is CCC1(CO)COC2(CC([N+](=O)[O-])C3(CC2[N+](=O)[O-])OCC(CC)(CO)CO3)OC1. The van der Waals surface area contributed by atoms with Crippen molar-refractivity contribution in [2.75, 3.05) is 39.6 Å². The van der Waals surface area contributed by atoms with E-state index in [0.717, 1.165) is 0 Å². The summed E-state index contributed by atoms with van der Waals surface area (Å²) >= 11 is 0. The van der Waals surface area contributed by atoms with E-state index in [9.17, 15) is 30.4 Å². The number of aliphatic hydroxyl groups excluding tert-OH is 2. The van der Waals surface area contributed by atoms with Gasteiger partial charge in [0.25, 0.3) is 12.1 Å². The topological polar surface area (TPSA) is 164 Å². The fraction of sp³-hybridized carbons (Fsp3) is 1.00. The molecule has 1 saturated carbocycles. The lowest BCUT2D eigenvalue weighted by Crippen LogP contribution is -2.71. The summed E-state index contributed by atoms with van der Waals surface area (Å²) in [5.41, 5.74) is -1.41. The fourth-order valence-corrected chi connectivity index (χ4v) is 4.29. The van der Waals surface area contributed by atoms with Crippen molar-refractivity contribution in [2.45, 2.75) is 63.2 Å². The quantitative estimate of drug-likeness (QED) is 0.440. The van der Waals surface area contributed by atoms with Crippen molar-refractivity contribution in [1.82, 2.24) is 0 Å². The highest BCUT2D eigenvalue weighted by atomic mass is 16.7. The molecule has 2 aliphatic heterocycles. The van der Waals surface area contributed by atoms with Gasteiger partial charge in [-0.15, -0.1) is 0 Å². The molecule has 12 nitrogen and oxygen atoms in total. The maximum absolute atomic E-state index is 11.9. The van der Waals surface area contributed by atoms with Crippen LogP contribution < -0.4 is 0 Å². The molecule has 2 atom stereocenters. The molecule has 2 heterocycles. The summed E-state index contributed by atoms with van der Waals surface area (Å²) in [6.45, 7) is 3.20. The average molecular weight is 434 g/mol. The Morgan fingerprint density at radius 1 is 0.767 bits per heavy atom. The van der Waals surface area contributed by atoms with Crippen LogP contribution in [0.15, 0.2) is 0 Å². The monoisotopic (exact) mass is 434 g/mol. The van der Waals surface area contributed by atoms with Crippen LogP contribution in [-0.4, -0.2) is 83.4 Å². The van der Waals surface area contributed by atoms with E-state index in [1.54, 1.807) is 0 Å². The largest absolute Gasteiger partial charge is 0.396 e. The number of ether oxygens (including phenoxy) is 4. The Morgan fingerprint density at radius 2 is 1.07 bits per heavy atom. The predicted molar refractivity (Wildman–Crippen MR) is 99.7 cm³/mol. The Balaban J connectivity index is 1.89. The van der Waals surface area contributed by atoms with Gasteiger partial charge in [-0.3, -0.25) is 20.2 Å². The molecule has 2 N–H and O–H groups in total. The van der Waals surface area contributed by atoms with Crippen LogP contribution in [0.4, 0.5) is 0 Å². The molecular formula is C18H30N2O10. The van der Waals surface area contributed by atoms with Gasteiger partial charge in [-0.25, -0.2) is 0 Å². The molecule has 2 spiro atoms. The lowest BCUT2D eigenvalue weighted by molar-refractivity contribution is -0.635. The summed E-state index contributed by atoms with van der Waals surface area (Å²) in [5, 5.41) is 43.2. The molecule has 3 fully saturated rings. The predicted octanol–water partition coefficient (Wildman–Crippen LogP) is 0.334. The van der Waals surface area contributed by atoms with Gasteiger partial charge in [0.15, 0.2) is 0 Å². The van der Waals surface area contributed by atoms with E-state index in [1.165, 1.54) is 0 Å². The summed E-state index contributed by atoms with van der Waals surface area (Å²) in [6.07, 6.45) is 0.208. The normalized spacial score (nSPS) is 44.3. The summed E-state index contributed by atoms with van der Waals surface area (Å²) in [6, 6.07) is -2.91. The minimum atomic E-state index is -1.80. The van der Waals surface area contributed by atoms with Gasteiger partial charge in [0.1, 0.15) is 0 Å². The van der Waals surface area contributed by atoms with Crippen molar-refractivity contribution < 1.29 is 39.0 Å². The van der Waals surface area contributed by atoms with Crippen LogP contribution in [-0.2, 0) is 18.9 Å². The van der Waals surface area contributed by atoms with Gasteiger partial charge < -0.3 is 29.2 Å². The molecule has 0 aromatic heterocycles. The van der Waals surface area contributed by atoms with Crippen LogP contribution in [0.1, 0.15) is 39.5 Å². The molecule has 12 heteroatoms. The second-order valence-corrected chi connectivity index (χ2v) is 8.81. The first kappa shape index (κ1) is 23.2. The van der Waals surface area contributed by atoms with Crippen molar-refractivity contribution in [3.05, 3.63) is 20.2 Å². The molecule has 30 heavy (non-hydrogen) atoms. The molecule has 0 aromatic rings. The van der Waals surface area contributed by atoms with E-state index in [4.69, 9.17) is 18.9 Å². The molecule has 3 rings (SSSR count). The van der Waals surface area contributed by atoms with Crippen LogP contribution >= 0.6 is 0 Å². The first-order valence-corrected chi connectivity index (χ1v) is 10.2. The highest BCUT2D eigenvalue weighted by Crippen LogP contribution is 2.49. The number of nitro groups is 2. The second kappa shape index (κ2) is 8.24. The van der Waals surface area contributed by atoms with Gasteiger partial charge in [0.05, 0.1) is 52.5 Å². The van der Waals surface area contributed by atoms with Crippen LogP contribution in [0, 0.1) is 31.1 Å². The van der Waals surface area contributed by atoms with Crippen LogP contribution in [0.3, 0.4) is 0 Å². The molecule has 0 amide bonds. The minimum Gasteiger partial charge on any atom is -0.396 e.